The van der Waals surface area contributed by atoms with Gasteiger partial charge in [-0.1, -0.05) is 0 Å². The van der Waals surface area contributed by atoms with Crippen LogP contribution in [-0.4, -0.2) is 40.9 Å². The lowest BCUT2D eigenvalue weighted by molar-refractivity contribution is -0.124. The predicted molar refractivity (Wildman–Crippen MR) is 109 cm³/mol. The number of nitrogens with one attached hydrogen (secondary N) is 1. The van der Waals surface area contributed by atoms with Gasteiger partial charge in [0.15, 0.2) is 0 Å². The number of hydrogen-bond acceptors (Lipinski definition) is 5. The van der Waals surface area contributed by atoms with Crippen LogP contribution in [0.4, 0.5) is 5.82 Å². The number of aromatic nitrogens is 2. The van der Waals surface area contributed by atoms with Gasteiger partial charge in [0.05, 0.1) is 18.0 Å². The third-order valence-corrected chi connectivity index (χ3v) is 9.52. The van der Waals surface area contributed by atoms with E-state index >= 15 is 0 Å². The van der Waals surface area contributed by atoms with Crippen molar-refractivity contribution in [1.29, 1.82) is 0 Å². The number of hydrogen-bond donors (Lipinski definition) is 1. The molecule has 4 bridgehead atoms. The van der Waals surface area contributed by atoms with Crippen LogP contribution in [0.5, 0.6) is 0 Å². The monoisotopic (exact) mass is 418 g/mol. The lowest BCUT2D eigenvalue weighted by Crippen LogP contribution is -2.47. The lowest BCUT2D eigenvalue weighted by Gasteiger charge is -2.56. The van der Waals surface area contributed by atoms with E-state index in [1.165, 1.54) is 49.2 Å². The van der Waals surface area contributed by atoms with Gasteiger partial charge < -0.3 is 5.32 Å². The molecule has 5 aliphatic rings. The molecule has 1 N–H and O–H groups in total. The topological polar surface area (TPSA) is 92.3 Å². The normalized spacial score (nSPS) is 33.5. The summed E-state index contributed by atoms with van der Waals surface area (Å²) in [6.07, 6.45) is 10.3. The minimum absolute atomic E-state index is 0.0523. The van der Waals surface area contributed by atoms with Gasteiger partial charge in [0, 0.05) is 18.5 Å². The summed E-state index contributed by atoms with van der Waals surface area (Å²) in [4.78, 5) is 21.6. The summed E-state index contributed by atoms with van der Waals surface area (Å²) in [5.74, 6) is 3.18. The Hall–Kier alpha value is -1.54. The van der Waals surface area contributed by atoms with Crippen LogP contribution in [0.15, 0.2) is 6.33 Å². The van der Waals surface area contributed by atoms with E-state index in [-0.39, 0.29) is 23.6 Å². The van der Waals surface area contributed by atoms with Crippen molar-refractivity contribution < 1.29 is 13.2 Å². The highest BCUT2D eigenvalue weighted by atomic mass is 32.2. The van der Waals surface area contributed by atoms with Gasteiger partial charge in [0.2, 0.25) is 15.9 Å². The Morgan fingerprint density at radius 3 is 2.45 bits per heavy atom. The van der Waals surface area contributed by atoms with Gasteiger partial charge in [-0.3, -0.25) is 4.79 Å². The van der Waals surface area contributed by atoms with Gasteiger partial charge in [-0.25, -0.2) is 18.4 Å². The zero-order valence-electron chi connectivity index (χ0n) is 17.1. The highest BCUT2D eigenvalue weighted by Crippen LogP contribution is 2.61. The van der Waals surface area contributed by atoms with Crippen LogP contribution in [0, 0.1) is 23.2 Å². The Morgan fingerprint density at radius 1 is 1.17 bits per heavy atom. The molecular weight excluding hydrogens is 388 g/mol. The molecule has 0 radical (unpaired) electrons. The highest BCUT2D eigenvalue weighted by molar-refractivity contribution is 7.89. The van der Waals surface area contributed by atoms with Crippen molar-refractivity contribution in [2.24, 2.45) is 23.2 Å². The number of nitrogens with zero attached hydrogens (tertiary/aromatic N) is 3. The SMILES string of the molecule is CCS(=O)(=O)N1CCc2c(ncnc2NC(=O)CC23CC4CC(CC(C4)C2)C3)C1. The van der Waals surface area contributed by atoms with Crippen LogP contribution in [-0.2, 0) is 27.8 Å². The molecule has 1 amide bonds. The fourth-order valence-corrected chi connectivity index (χ4v) is 7.94. The molecule has 0 atom stereocenters. The van der Waals surface area contributed by atoms with Crippen molar-refractivity contribution in [2.45, 2.75) is 64.8 Å². The summed E-state index contributed by atoms with van der Waals surface area (Å²) >= 11 is 0. The standard InChI is InChI=1S/C21H30N4O3S/c1-2-29(27,28)25-4-3-17-18(12-25)22-13-23-20(17)24-19(26)11-21-8-14-5-15(9-21)7-16(6-14)10-21/h13-16H,2-12H2,1H3,(H,22,23,24,26). The van der Waals surface area contributed by atoms with Crippen LogP contribution in [0.2, 0.25) is 0 Å². The molecule has 6 rings (SSSR count). The number of fused-ring (bicyclic) bond motifs is 1. The summed E-state index contributed by atoms with van der Waals surface area (Å²) in [5, 5.41) is 3.05. The van der Waals surface area contributed by atoms with E-state index in [0.717, 1.165) is 23.3 Å². The largest absolute Gasteiger partial charge is 0.310 e. The van der Waals surface area contributed by atoms with Crippen LogP contribution in [0.1, 0.15) is 63.1 Å². The van der Waals surface area contributed by atoms with Crippen LogP contribution in [0.3, 0.4) is 0 Å². The average molecular weight is 419 g/mol. The summed E-state index contributed by atoms with van der Waals surface area (Å²) in [7, 11) is -3.24. The van der Waals surface area contributed by atoms with Crippen molar-refractivity contribution in [1.82, 2.24) is 14.3 Å². The summed E-state index contributed by atoms with van der Waals surface area (Å²) < 4.78 is 25.9. The lowest BCUT2D eigenvalue weighted by atomic mass is 9.49. The molecule has 1 aliphatic heterocycles. The number of sulfonamides is 1. The maximum absolute atomic E-state index is 13.0. The second-order valence-electron chi connectivity index (χ2n) is 9.77. The number of carbonyl (C=O) groups is 1. The fraction of sp³-hybridized carbons (Fsp3) is 0.762. The number of carbonyl (C=O) groups excluding carboxylic acids is 1. The smallest absolute Gasteiger partial charge is 0.226 e. The van der Waals surface area contributed by atoms with Gasteiger partial charge in [0.1, 0.15) is 12.1 Å². The van der Waals surface area contributed by atoms with E-state index in [2.05, 4.69) is 15.3 Å². The molecule has 0 unspecified atom stereocenters. The first kappa shape index (κ1) is 19.4. The molecule has 1 aromatic heterocycles. The quantitative estimate of drug-likeness (QED) is 0.794. The van der Waals surface area contributed by atoms with Crippen molar-refractivity contribution in [3.63, 3.8) is 0 Å². The van der Waals surface area contributed by atoms with E-state index in [4.69, 9.17) is 0 Å². The van der Waals surface area contributed by atoms with Gasteiger partial charge >= 0.3 is 0 Å². The first-order valence-corrected chi connectivity index (χ1v) is 12.6. The summed E-state index contributed by atoms with van der Waals surface area (Å²) in [6, 6.07) is 0. The molecule has 4 aliphatic carbocycles. The van der Waals surface area contributed by atoms with Gasteiger partial charge in [-0.2, -0.15) is 4.31 Å². The van der Waals surface area contributed by atoms with Crippen molar-refractivity contribution in [2.75, 3.05) is 17.6 Å². The van der Waals surface area contributed by atoms with Crippen molar-refractivity contribution in [3.8, 4) is 0 Å². The number of rotatable bonds is 5. The Balaban J connectivity index is 1.30. The maximum atomic E-state index is 13.0. The summed E-state index contributed by atoms with van der Waals surface area (Å²) in [5.41, 5.74) is 1.78. The fourth-order valence-electron chi connectivity index (χ4n) is 6.88. The van der Waals surface area contributed by atoms with E-state index < -0.39 is 10.0 Å². The third-order valence-electron chi connectivity index (χ3n) is 7.69. The van der Waals surface area contributed by atoms with Crippen LogP contribution >= 0.6 is 0 Å². The molecule has 8 heteroatoms. The first-order valence-electron chi connectivity index (χ1n) is 11.0. The minimum Gasteiger partial charge on any atom is -0.310 e. The molecule has 0 aromatic carbocycles. The molecular formula is C21H30N4O3S. The second-order valence-corrected chi connectivity index (χ2v) is 12.0. The average Bonchev–Trinajstić information content (AvgIpc) is 2.66. The van der Waals surface area contributed by atoms with Crippen LogP contribution in [0.25, 0.3) is 0 Å². The minimum atomic E-state index is -3.24. The molecule has 4 fully saturated rings. The Bertz CT molecular complexity index is 895. The summed E-state index contributed by atoms with van der Waals surface area (Å²) in [6.45, 7) is 2.32. The van der Waals surface area contributed by atoms with Gasteiger partial charge in [0.25, 0.3) is 0 Å². The van der Waals surface area contributed by atoms with E-state index in [9.17, 15) is 13.2 Å². The molecule has 2 heterocycles. The second kappa shape index (κ2) is 7.01. The Kier molecular flexibility index (Phi) is 4.70. The van der Waals surface area contributed by atoms with E-state index in [0.29, 0.717) is 30.9 Å². The number of amides is 1. The maximum Gasteiger partial charge on any atom is 0.226 e. The molecule has 158 valence electrons. The zero-order valence-corrected chi connectivity index (χ0v) is 17.9. The van der Waals surface area contributed by atoms with E-state index in [1.54, 1.807) is 6.92 Å². The van der Waals surface area contributed by atoms with Gasteiger partial charge in [-0.15, -0.1) is 0 Å². The molecule has 29 heavy (non-hydrogen) atoms. The Labute approximate surface area is 172 Å². The van der Waals surface area contributed by atoms with Gasteiger partial charge in [-0.05, 0) is 75.0 Å². The van der Waals surface area contributed by atoms with E-state index in [1.807, 2.05) is 0 Å². The highest BCUT2D eigenvalue weighted by Gasteiger charge is 2.51. The molecule has 1 aromatic rings. The third kappa shape index (κ3) is 3.58. The number of anilines is 1. The molecule has 0 saturated heterocycles. The molecule has 0 spiro atoms. The zero-order chi connectivity index (χ0) is 20.2. The van der Waals surface area contributed by atoms with Crippen molar-refractivity contribution in [3.05, 3.63) is 17.6 Å². The van der Waals surface area contributed by atoms with Crippen molar-refractivity contribution >= 4 is 21.7 Å². The molecule has 7 nitrogen and oxygen atoms in total. The predicted octanol–water partition coefficient (Wildman–Crippen LogP) is 2.73. The Morgan fingerprint density at radius 2 is 1.83 bits per heavy atom. The van der Waals surface area contributed by atoms with Crippen LogP contribution < -0.4 is 5.32 Å². The molecule has 4 saturated carbocycles. The first-order chi connectivity index (χ1) is 13.9.